The monoisotopic (exact) mass is 379 g/mol. The number of halogens is 1. The molecule has 1 aliphatic heterocycles. The van der Waals surface area contributed by atoms with Crippen LogP contribution in [0.2, 0.25) is 5.02 Å². The minimum Gasteiger partial charge on any atom is -0.357 e. The Morgan fingerprint density at radius 2 is 1.73 bits per heavy atom. The maximum atomic E-state index is 12.1. The number of carbonyl (C=O) groups excluding carboxylic acids is 2. The van der Waals surface area contributed by atoms with Gasteiger partial charge in [-0.05, 0) is 44.0 Å². The summed E-state index contributed by atoms with van der Waals surface area (Å²) in [6, 6.07) is 6.73. The number of amides is 2. The van der Waals surface area contributed by atoms with Gasteiger partial charge in [-0.3, -0.25) is 9.59 Å². The molecule has 2 amide bonds. The molecule has 0 atom stereocenters. The number of rotatable bonds is 7. The van der Waals surface area contributed by atoms with Crippen LogP contribution >= 0.6 is 11.6 Å². The smallest absolute Gasteiger partial charge is 0.251 e. The lowest BCUT2D eigenvalue weighted by Crippen LogP contribution is -2.42. The molecule has 1 aromatic rings. The second kappa shape index (κ2) is 10.7. The molecule has 0 radical (unpaired) electrons. The molecule has 3 N–H and O–H groups in total. The molecule has 7 nitrogen and oxygen atoms in total. The molecule has 1 heterocycles. The number of nitrogens with one attached hydrogen (secondary N) is 3. The van der Waals surface area contributed by atoms with Crippen molar-refractivity contribution < 1.29 is 9.59 Å². The molecule has 0 bridgehead atoms. The third-order valence-electron chi connectivity index (χ3n) is 3.98. The van der Waals surface area contributed by atoms with Gasteiger partial charge in [0.15, 0.2) is 5.96 Å². The standard InChI is InChI=1S/C18H26ClN5O2/c1-2-20-18(23-13-16(25)24-11-3-4-12-24)22-10-9-21-17(26)14-5-7-15(19)8-6-14/h5-8H,2-4,9-13H2,1H3,(H,21,26)(H2,20,22,23). The molecule has 1 aromatic carbocycles. The van der Waals surface area contributed by atoms with E-state index < -0.39 is 0 Å². The summed E-state index contributed by atoms with van der Waals surface area (Å²) in [7, 11) is 0. The molecule has 0 aliphatic carbocycles. The normalized spacial score (nSPS) is 14.2. The second-order valence-electron chi connectivity index (χ2n) is 5.97. The van der Waals surface area contributed by atoms with Crippen LogP contribution < -0.4 is 16.0 Å². The largest absolute Gasteiger partial charge is 0.357 e. The summed E-state index contributed by atoms with van der Waals surface area (Å²) in [4.78, 5) is 30.2. The van der Waals surface area contributed by atoms with Crippen LogP contribution in [0, 0.1) is 0 Å². The van der Waals surface area contributed by atoms with E-state index in [0.717, 1.165) is 25.9 Å². The fourth-order valence-corrected chi connectivity index (χ4v) is 2.74. The minimum absolute atomic E-state index is 0.0516. The number of carbonyl (C=O) groups is 2. The van der Waals surface area contributed by atoms with E-state index in [1.807, 2.05) is 11.8 Å². The molecule has 0 unspecified atom stereocenters. The number of hydrogen-bond acceptors (Lipinski definition) is 3. The number of aliphatic imine (C=N–C) groups is 1. The molecular formula is C18H26ClN5O2. The maximum absolute atomic E-state index is 12.1. The van der Waals surface area contributed by atoms with Crippen LogP contribution in [-0.2, 0) is 4.79 Å². The van der Waals surface area contributed by atoms with Crippen LogP contribution in [0.15, 0.2) is 29.3 Å². The average Bonchev–Trinajstić information content (AvgIpc) is 3.18. The first-order valence-electron chi connectivity index (χ1n) is 8.94. The van der Waals surface area contributed by atoms with Crippen molar-refractivity contribution >= 4 is 29.4 Å². The highest BCUT2D eigenvalue weighted by atomic mass is 35.5. The summed E-state index contributed by atoms with van der Waals surface area (Å²) in [5.41, 5.74) is 0.561. The van der Waals surface area contributed by atoms with Crippen LogP contribution in [0.5, 0.6) is 0 Å². The molecule has 26 heavy (non-hydrogen) atoms. The zero-order valence-electron chi connectivity index (χ0n) is 15.1. The Morgan fingerprint density at radius 3 is 2.38 bits per heavy atom. The first-order valence-corrected chi connectivity index (χ1v) is 9.31. The van der Waals surface area contributed by atoms with E-state index in [-0.39, 0.29) is 18.4 Å². The Balaban J connectivity index is 1.73. The summed E-state index contributed by atoms with van der Waals surface area (Å²) in [5, 5.41) is 9.63. The van der Waals surface area contributed by atoms with Crippen molar-refractivity contribution in [1.82, 2.24) is 20.9 Å². The van der Waals surface area contributed by atoms with E-state index in [0.29, 0.717) is 36.2 Å². The molecule has 1 saturated heterocycles. The lowest BCUT2D eigenvalue weighted by molar-refractivity contribution is -0.128. The van der Waals surface area contributed by atoms with E-state index in [9.17, 15) is 9.59 Å². The van der Waals surface area contributed by atoms with Crippen molar-refractivity contribution in [3.05, 3.63) is 34.9 Å². The Kier molecular flexibility index (Phi) is 8.21. The van der Waals surface area contributed by atoms with Crippen LogP contribution in [-0.4, -0.2) is 61.9 Å². The molecular weight excluding hydrogens is 354 g/mol. The molecule has 0 aromatic heterocycles. The summed E-state index contributed by atoms with van der Waals surface area (Å²) in [5.74, 6) is 0.464. The van der Waals surface area contributed by atoms with E-state index >= 15 is 0 Å². The molecule has 1 aliphatic rings. The van der Waals surface area contributed by atoms with Crippen LogP contribution in [0.25, 0.3) is 0 Å². The third-order valence-corrected chi connectivity index (χ3v) is 4.24. The van der Waals surface area contributed by atoms with Crippen LogP contribution in [0.3, 0.4) is 0 Å². The Hall–Kier alpha value is -2.28. The van der Waals surface area contributed by atoms with Gasteiger partial charge < -0.3 is 20.9 Å². The SMILES string of the molecule is CCNC(=NCC(=O)N1CCCC1)NCCNC(=O)c1ccc(Cl)cc1. The highest BCUT2D eigenvalue weighted by Gasteiger charge is 2.17. The van der Waals surface area contributed by atoms with E-state index in [4.69, 9.17) is 11.6 Å². The first-order chi connectivity index (χ1) is 12.6. The van der Waals surface area contributed by atoms with E-state index in [2.05, 4.69) is 20.9 Å². The molecule has 1 fully saturated rings. The Morgan fingerprint density at radius 1 is 1.08 bits per heavy atom. The maximum Gasteiger partial charge on any atom is 0.251 e. The molecule has 142 valence electrons. The topological polar surface area (TPSA) is 85.8 Å². The summed E-state index contributed by atoms with van der Waals surface area (Å²) in [6.45, 7) is 5.38. The van der Waals surface area contributed by atoms with Gasteiger partial charge in [-0.2, -0.15) is 0 Å². The molecule has 0 saturated carbocycles. The van der Waals surface area contributed by atoms with Gasteiger partial charge in [-0.25, -0.2) is 4.99 Å². The van der Waals surface area contributed by atoms with Crippen LogP contribution in [0.4, 0.5) is 0 Å². The van der Waals surface area contributed by atoms with Crippen LogP contribution in [0.1, 0.15) is 30.1 Å². The Labute approximate surface area is 159 Å². The fourth-order valence-electron chi connectivity index (χ4n) is 2.62. The van der Waals surface area contributed by atoms with Gasteiger partial charge in [0, 0.05) is 43.3 Å². The Bertz CT molecular complexity index is 627. The number of guanidine groups is 1. The summed E-state index contributed by atoms with van der Waals surface area (Å²) >= 11 is 5.81. The fraction of sp³-hybridized carbons (Fsp3) is 0.500. The number of nitrogens with zero attached hydrogens (tertiary/aromatic N) is 2. The third kappa shape index (κ3) is 6.55. The van der Waals surface area contributed by atoms with Gasteiger partial charge in [0.2, 0.25) is 5.91 Å². The van der Waals surface area contributed by atoms with E-state index in [1.165, 1.54) is 0 Å². The van der Waals surface area contributed by atoms with Gasteiger partial charge in [-0.1, -0.05) is 11.6 Å². The second-order valence-corrected chi connectivity index (χ2v) is 6.41. The zero-order valence-corrected chi connectivity index (χ0v) is 15.8. The average molecular weight is 380 g/mol. The predicted molar refractivity (Wildman–Crippen MR) is 104 cm³/mol. The van der Waals surface area contributed by atoms with Gasteiger partial charge in [0.1, 0.15) is 6.54 Å². The highest BCUT2D eigenvalue weighted by molar-refractivity contribution is 6.30. The lowest BCUT2D eigenvalue weighted by atomic mass is 10.2. The number of benzene rings is 1. The van der Waals surface area contributed by atoms with E-state index in [1.54, 1.807) is 24.3 Å². The molecule has 8 heteroatoms. The zero-order chi connectivity index (χ0) is 18.8. The molecule has 0 spiro atoms. The molecule has 2 rings (SSSR count). The van der Waals surface area contributed by atoms with Gasteiger partial charge >= 0.3 is 0 Å². The van der Waals surface area contributed by atoms with Crippen molar-refractivity contribution in [3.8, 4) is 0 Å². The number of likely N-dealkylation sites (tertiary alicyclic amines) is 1. The number of hydrogen-bond donors (Lipinski definition) is 3. The quantitative estimate of drug-likeness (QED) is 0.378. The predicted octanol–water partition coefficient (Wildman–Crippen LogP) is 1.25. The summed E-state index contributed by atoms with van der Waals surface area (Å²) < 4.78 is 0. The summed E-state index contributed by atoms with van der Waals surface area (Å²) in [6.07, 6.45) is 2.14. The van der Waals surface area contributed by atoms with Gasteiger partial charge in [0.25, 0.3) is 5.91 Å². The van der Waals surface area contributed by atoms with Crippen molar-refractivity contribution in [1.29, 1.82) is 0 Å². The highest BCUT2D eigenvalue weighted by Crippen LogP contribution is 2.09. The minimum atomic E-state index is -0.158. The van der Waals surface area contributed by atoms with Crippen molar-refractivity contribution in [2.75, 3.05) is 39.3 Å². The van der Waals surface area contributed by atoms with Gasteiger partial charge in [-0.15, -0.1) is 0 Å². The van der Waals surface area contributed by atoms with Crippen molar-refractivity contribution in [2.45, 2.75) is 19.8 Å². The van der Waals surface area contributed by atoms with Crippen molar-refractivity contribution in [3.63, 3.8) is 0 Å². The lowest BCUT2D eigenvalue weighted by Gasteiger charge is -2.15. The first kappa shape index (κ1) is 20.0. The van der Waals surface area contributed by atoms with Crippen molar-refractivity contribution in [2.24, 2.45) is 4.99 Å². The van der Waals surface area contributed by atoms with Gasteiger partial charge in [0.05, 0.1) is 0 Å².